The highest BCUT2D eigenvalue weighted by Gasteiger charge is 2.25. The smallest absolute Gasteiger partial charge is 0.342 e. The van der Waals surface area contributed by atoms with Crippen molar-refractivity contribution in [2.24, 2.45) is 0 Å². The Labute approximate surface area is 159 Å². The van der Waals surface area contributed by atoms with Crippen LogP contribution in [0.25, 0.3) is 22.3 Å². The largest absolute Gasteiger partial charge is 0.462 e. The number of benzene rings is 2. The minimum atomic E-state index is -0.486. The van der Waals surface area contributed by atoms with Crippen LogP contribution in [0.4, 0.5) is 0 Å². The van der Waals surface area contributed by atoms with Crippen molar-refractivity contribution in [1.82, 2.24) is 0 Å². The molecule has 3 aromatic rings. The molecule has 0 spiro atoms. The number of rotatable bonds is 5. The molecular weight excluding hydrogens is 400 g/mol. The molecule has 0 bridgehead atoms. The van der Waals surface area contributed by atoms with Crippen LogP contribution in [0.2, 0.25) is 0 Å². The zero-order valence-corrected chi connectivity index (χ0v) is 16.0. The number of furan rings is 1. The summed E-state index contributed by atoms with van der Waals surface area (Å²) in [6.07, 6.45) is 0.246. The summed E-state index contributed by atoms with van der Waals surface area (Å²) in [4.78, 5) is 24.2. The molecule has 0 aliphatic heterocycles. The van der Waals surface area contributed by atoms with Gasteiger partial charge >= 0.3 is 11.9 Å². The van der Waals surface area contributed by atoms with Crippen molar-refractivity contribution >= 4 is 38.8 Å². The first-order valence-corrected chi connectivity index (χ1v) is 9.03. The van der Waals surface area contributed by atoms with Gasteiger partial charge in [-0.25, -0.2) is 4.79 Å². The topological polar surface area (TPSA) is 65.7 Å². The predicted octanol–water partition coefficient (Wildman–Crippen LogP) is 5.35. The van der Waals surface area contributed by atoms with Gasteiger partial charge in [-0.1, -0.05) is 37.3 Å². The number of carbonyl (C=O) groups excluding carboxylic acids is 2. The first kappa shape index (κ1) is 18.2. The van der Waals surface area contributed by atoms with E-state index in [0.717, 1.165) is 5.56 Å². The van der Waals surface area contributed by atoms with Crippen molar-refractivity contribution in [2.45, 2.75) is 20.3 Å². The van der Waals surface area contributed by atoms with Gasteiger partial charge in [0.15, 0.2) is 0 Å². The molecule has 134 valence electrons. The van der Waals surface area contributed by atoms with E-state index in [2.05, 4.69) is 15.9 Å². The van der Waals surface area contributed by atoms with Gasteiger partial charge in [0.1, 0.15) is 22.7 Å². The van der Waals surface area contributed by atoms with Gasteiger partial charge in [0.05, 0.1) is 11.1 Å². The van der Waals surface area contributed by atoms with Crippen molar-refractivity contribution in [2.75, 3.05) is 6.61 Å². The standard InChI is InChI=1S/C20H17BrO5/c1-3-17(22)25-16-10-13-15(11-14(16)21)26-19(12-8-6-5-7-9-12)18(13)20(23)24-4-2/h5-11H,3-4H2,1-2H3. The number of fused-ring (bicyclic) bond motifs is 1. The number of hydrogen-bond acceptors (Lipinski definition) is 5. The monoisotopic (exact) mass is 416 g/mol. The highest BCUT2D eigenvalue weighted by molar-refractivity contribution is 9.10. The Kier molecular flexibility index (Phi) is 5.42. The second-order valence-corrected chi connectivity index (χ2v) is 6.35. The van der Waals surface area contributed by atoms with Crippen LogP contribution in [0.5, 0.6) is 5.75 Å². The van der Waals surface area contributed by atoms with Gasteiger partial charge < -0.3 is 13.9 Å². The zero-order valence-electron chi connectivity index (χ0n) is 14.4. The Balaban J connectivity index is 2.23. The molecule has 1 heterocycles. The third-order valence-electron chi connectivity index (χ3n) is 3.77. The van der Waals surface area contributed by atoms with Gasteiger partial charge in [-0.15, -0.1) is 0 Å². The highest BCUT2D eigenvalue weighted by atomic mass is 79.9. The van der Waals surface area contributed by atoms with Crippen LogP contribution in [0.3, 0.4) is 0 Å². The van der Waals surface area contributed by atoms with E-state index in [9.17, 15) is 9.59 Å². The van der Waals surface area contributed by atoms with E-state index >= 15 is 0 Å². The van der Waals surface area contributed by atoms with E-state index in [1.165, 1.54) is 0 Å². The molecule has 0 saturated heterocycles. The summed E-state index contributed by atoms with van der Waals surface area (Å²) in [6.45, 7) is 3.70. The Morgan fingerprint density at radius 1 is 1.12 bits per heavy atom. The molecule has 26 heavy (non-hydrogen) atoms. The molecule has 0 N–H and O–H groups in total. The van der Waals surface area contributed by atoms with Gasteiger partial charge in [-0.05, 0) is 35.0 Å². The Hall–Kier alpha value is -2.60. The molecule has 5 nitrogen and oxygen atoms in total. The second kappa shape index (κ2) is 7.74. The van der Waals surface area contributed by atoms with Crippen LogP contribution in [-0.2, 0) is 9.53 Å². The van der Waals surface area contributed by atoms with Gasteiger partial charge in [0.2, 0.25) is 0 Å². The summed E-state index contributed by atoms with van der Waals surface area (Å²) in [5, 5.41) is 0.532. The fourth-order valence-electron chi connectivity index (χ4n) is 2.57. The van der Waals surface area contributed by atoms with Crippen LogP contribution in [0, 0.1) is 0 Å². The van der Waals surface area contributed by atoms with E-state index in [4.69, 9.17) is 13.9 Å². The molecule has 6 heteroatoms. The predicted molar refractivity (Wildman–Crippen MR) is 101 cm³/mol. The number of hydrogen-bond donors (Lipinski definition) is 0. The summed E-state index contributed by atoms with van der Waals surface area (Å²) in [5.41, 5.74) is 1.57. The first-order chi connectivity index (χ1) is 12.5. The van der Waals surface area contributed by atoms with Gasteiger partial charge in [0.25, 0.3) is 0 Å². The maximum atomic E-state index is 12.6. The lowest BCUT2D eigenvalue weighted by Gasteiger charge is -2.06. The van der Waals surface area contributed by atoms with Crippen LogP contribution in [0.1, 0.15) is 30.6 Å². The van der Waals surface area contributed by atoms with Gasteiger partial charge in [-0.2, -0.15) is 0 Å². The molecule has 0 unspecified atom stereocenters. The fraction of sp³-hybridized carbons (Fsp3) is 0.200. The normalized spacial score (nSPS) is 10.7. The summed E-state index contributed by atoms with van der Waals surface area (Å²) >= 11 is 3.38. The molecule has 0 atom stereocenters. The lowest BCUT2D eigenvalue weighted by Crippen LogP contribution is -2.07. The average Bonchev–Trinajstić information content (AvgIpc) is 3.01. The Morgan fingerprint density at radius 2 is 1.85 bits per heavy atom. The second-order valence-electron chi connectivity index (χ2n) is 5.50. The third kappa shape index (κ3) is 3.51. The van der Waals surface area contributed by atoms with Crippen LogP contribution < -0.4 is 4.74 Å². The average molecular weight is 417 g/mol. The summed E-state index contributed by atoms with van der Waals surface area (Å²) < 4.78 is 17.1. The summed E-state index contributed by atoms with van der Waals surface area (Å²) in [7, 11) is 0. The molecule has 0 fully saturated rings. The van der Waals surface area contributed by atoms with Crippen molar-refractivity contribution in [3.63, 3.8) is 0 Å². The molecule has 1 aromatic heterocycles. The highest BCUT2D eigenvalue weighted by Crippen LogP contribution is 2.39. The van der Waals surface area contributed by atoms with Crippen molar-refractivity contribution in [3.05, 3.63) is 52.5 Å². The quantitative estimate of drug-likeness (QED) is 0.413. The van der Waals surface area contributed by atoms with Crippen molar-refractivity contribution in [1.29, 1.82) is 0 Å². The number of halogens is 1. The van der Waals surface area contributed by atoms with Gasteiger partial charge in [-0.3, -0.25) is 4.79 Å². The number of carbonyl (C=O) groups is 2. The minimum absolute atomic E-state index is 0.244. The summed E-state index contributed by atoms with van der Waals surface area (Å²) in [6, 6.07) is 12.6. The number of esters is 2. The third-order valence-corrected chi connectivity index (χ3v) is 4.39. The maximum absolute atomic E-state index is 12.6. The van der Waals surface area contributed by atoms with Crippen molar-refractivity contribution < 1.29 is 23.5 Å². The van der Waals surface area contributed by atoms with Crippen LogP contribution >= 0.6 is 15.9 Å². The SMILES string of the molecule is CCOC(=O)c1c(-c2ccccc2)oc2cc(Br)c(OC(=O)CC)cc12. The van der Waals surface area contributed by atoms with E-state index in [0.29, 0.717) is 32.5 Å². The van der Waals surface area contributed by atoms with Crippen LogP contribution in [-0.4, -0.2) is 18.5 Å². The first-order valence-electron chi connectivity index (χ1n) is 8.24. The van der Waals surface area contributed by atoms with Crippen molar-refractivity contribution in [3.8, 4) is 17.1 Å². The Bertz CT molecular complexity index is 959. The molecule has 0 saturated carbocycles. The van der Waals surface area contributed by atoms with Gasteiger partial charge in [0, 0.05) is 17.4 Å². The number of ether oxygens (including phenoxy) is 2. The van der Waals surface area contributed by atoms with E-state index in [1.54, 1.807) is 26.0 Å². The van der Waals surface area contributed by atoms with E-state index < -0.39 is 5.97 Å². The minimum Gasteiger partial charge on any atom is -0.462 e. The fourth-order valence-corrected chi connectivity index (χ4v) is 2.97. The van der Waals surface area contributed by atoms with Crippen LogP contribution in [0.15, 0.2) is 51.4 Å². The molecule has 0 amide bonds. The summed E-state index contributed by atoms with van der Waals surface area (Å²) in [5.74, 6) is -0.102. The molecule has 0 aliphatic rings. The molecule has 2 aromatic carbocycles. The van der Waals surface area contributed by atoms with E-state index in [-0.39, 0.29) is 19.0 Å². The molecule has 0 radical (unpaired) electrons. The molecular formula is C20H17BrO5. The van der Waals surface area contributed by atoms with E-state index in [1.807, 2.05) is 30.3 Å². The lowest BCUT2D eigenvalue weighted by molar-refractivity contribution is -0.134. The maximum Gasteiger partial charge on any atom is 0.342 e. The molecule has 3 rings (SSSR count). The molecule has 0 aliphatic carbocycles. The zero-order chi connectivity index (χ0) is 18.7. The lowest BCUT2D eigenvalue weighted by atomic mass is 10.1. The Morgan fingerprint density at radius 3 is 2.50 bits per heavy atom.